The maximum Gasteiger partial charge on any atom is 0.00980 e. The maximum absolute atomic E-state index is 2.77. The molecule has 1 aliphatic heterocycles. The number of likely N-dealkylation sites (tertiary alicyclic amines) is 1. The monoisotopic (exact) mass is 167 g/mol. The zero-order chi connectivity index (χ0) is 8.39. The molecule has 1 heteroatoms. The van der Waals surface area contributed by atoms with E-state index >= 15 is 0 Å². The van der Waals surface area contributed by atoms with E-state index in [2.05, 4.69) is 11.8 Å². The normalized spacial score (nSPS) is 34.2. The van der Waals surface area contributed by atoms with Gasteiger partial charge < -0.3 is 0 Å². The van der Waals surface area contributed by atoms with Crippen LogP contribution < -0.4 is 0 Å². The Morgan fingerprint density at radius 3 is 2.42 bits per heavy atom. The van der Waals surface area contributed by atoms with E-state index in [9.17, 15) is 0 Å². The third kappa shape index (κ3) is 1.66. The Hall–Kier alpha value is -0.0400. The van der Waals surface area contributed by atoms with Crippen LogP contribution in [0, 0.1) is 0 Å². The summed E-state index contributed by atoms with van der Waals surface area (Å²) in [6.45, 7) is 3.80. The summed E-state index contributed by atoms with van der Waals surface area (Å²) in [5.74, 6) is 0. The molecule has 2 fully saturated rings. The first-order valence-corrected chi connectivity index (χ1v) is 5.63. The zero-order valence-electron chi connectivity index (χ0n) is 8.26. The molecular formula is C11H21N. The molecule has 0 aromatic carbocycles. The topological polar surface area (TPSA) is 3.24 Å². The lowest BCUT2D eigenvalue weighted by molar-refractivity contribution is 0.0901. The third-order valence-corrected chi connectivity index (χ3v) is 3.65. The van der Waals surface area contributed by atoms with Crippen LogP contribution in [-0.4, -0.2) is 23.5 Å². The first-order valence-electron chi connectivity index (χ1n) is 5.63. The van der Waals surface area contributed by atoms with Crippen molar-refractivity contribution >= 4 is 0 Å². The molecule has 70 valence electrons. The predicted molar refractivity (Wildman–Crippen MR) is 52.3 cm³/mol. The van der Waals surface area contributed by atoms with Crippen molar-refractivity contribution in [2.45, 2.75) is 64.0 Å². The second kappa shape index (κ2) is 3.78. The number of nitrogens with zero attached hydrogens (tertiary/aromatic N) is 1. The van der Waals surface area contributed by atoms with Crippen molar-refractivity contribution in [2.24, 2.45) is 0 Å². The Labute approximate surface area is 76.1 Å². The van der Waals surface area contributed by atoms with Gasteiger partial charge in [-0.25, -0.2) is 0 Å². The molecule has 1 heterocycles. The number of hydrogen-bond acceptors (Lipinski definition) is 1. The van der Waals surface area contributed by atoms with Gasteiger partial charge in [0, 0.05) is 12.1 Å². The SMILES string of the molecule is CC1CCCCCN1C1CCC1. The van der Waals surface area contributed by atoms with Crippen molar-refractivity contribution in [1.82, 2.24) is 4.90 Å². The molecule has 1 saturated heterocycles. The summed E-state index contributed by atoms with van der Waals surface area (Å²) in [7, 11) is 0. The van der Waals surface area contributed by atoms with Crippen LogP contribution in [0.5, 0.6) is 0 Å². The highest BCUT2D eigenvalue weighted by Gasteiger charge is 2.28. The minimum atomic E-state index is 0.873. The summed E-state index contributed by atoms with van der Waals surface area (Å²) in [5.41, 5.74) is 0. The van der Waals surface area contributed by atoms with Crippen LogP contribution in [-0.2, 0) is 0 Å². The molecule has 2 aliphatic rings. The highest BCUT2D eigenvalue weighted by molar-refractivity contribution is 4.84. The average Bonchev–Trinajstić information content (AvgIpc) is 2.13. The molecule has 0 bridgehead atoms. The van der Waals surface area contributed by atoms with Gasteiger partial charge in [0.25, 0.3) is 0 Å². The second-order valence-electron chi connectivity index (χ2n) is 4.52. The second-order valence-corrected chi connectivity index (χ2v) is 4.52. The molecule has 12 heavy (non-hydrogen) atoms. The summed E-state index contributed by atoms with van der Waals surface area (Å²) in [6.07, 6.45) is 10.2. The first-order chi connectivity index (χ1) is 5.88. The Balaban J connectivity index is 1.90. The molecule has 0 radical (unpaired) electrons. The molecule has 2 rings (SSSR count). The van der Waals surface area contributed by atoms with Crippen LogP contribution in [0.3, 0.4) is 0 Å². The van der Waals surface area contributed by atoms with Crippen LogP contribution in [0.2, 0.25) is 0 Å². The van der Waals surface area contributed by atoms with Crippen LogP contribution in [0.15, 0.2) is 0 Å². The van der Waals surface area contributed by atoms with E-state index in [1.807, 2.05) is 0 Å². The lowest BCUT2D eigenvalue weighted by Crippen LogP contribution is -2.45. The molecule has 0 N–H and O–H groups in total. The van der Waals surface area contributed by atoms with E-state index in [1.54, 1.807) is 0 Å². The molecule has 1 atom stereocenters. The standard InChI is InChI=1S/C11H21N/c1-10-6-3-2-4-9-12(10)11-7-5-8-11/h10-11H,2-9H2,1H3. The van der Waals surface area contributed by atoms with Crippen LogP contribution in [0.4, 0.5) is 0 Å². The average molecular weight is 167 g/mol. The molecule has 0 amide bonds. The molecule has 1 aliphatic carbocycles. The van der Waals surface area contributed by atoms with E-state index in [4.69, 9.17) is 0 Å². The lowest BCUT2D eigenvalue weighted by Gasteiger charge is -2.40. The van der Waals surface area contributed by atoms with Gasteiger partial charge in [0.1, 0.15) is 0 Å². The summed E-state index contributed by atoms with van der Waals surface area (Å²) < 4.78 is 0. The van der Waals surface area contributed by atoms with Crippen LogP contribution in [0.25, 0.3) is 0 Å². The number of rotatable bonds is 1. The molecular weight excluding hydrogens is 146 g/mol. The van der Waals surface area contributed by atoms with Gasteiger partial charge in [0.15, 0.2) is 0 Å². The fourth-order valence-corrected chi connectivity index (χ4v) is 2.56. The van der Waals surface area contributed by atoms with E-state index in [0.29, 0.717) is 0 Å². The summed E-state index contributed by atoms with van der Waals surface area (Å²) >= 11 is 0. The predicted octanol–water partition coefficient (Wildman–Crippen LogP) is 2.80. The first kappa shape index (κ1) is 8.55. The highest BCUT2D eigenvalue weighted by atomic mass is 15.2. The lowest BCUT2D eigenvalue weighted by atomic mass is 9.90. The fraction of sp³-hybridized carbons (Fsp3) is 1.00. The minimum Gasteiger partial charge on any atom is -0.298 e. The number of hydrogen-bond donors (Lipinski definition) is 0. The summed E-state index contributed by atoms with van der Waals surface area (Å²) in [6, 6.07) is 1.84. The smallest absolute Gasteiger partial charge is 0.00980 e. The molecule has 0 aromatic rings. The van der Waals surface area contributed by atoms with Crippen LogP contribution >= 0.6 is 0 Å². The van der Waals surface area contributed by atoms with Gasteiger partial charge in [-0.05, 0) is 39.2 Å². The van der Waals surface area contributed by atoms with Gasteiger partial charge in [-0.2, -0.15) is 0 Å². The Bertz CT molecular complexity index is 140. The Morgan fingerprint density at radius 1 is 0.917 bits per heavy atom. The third-order valence-electron chi connectivity index (χ3n) is 3.65. The molecule has 1 nitrogen and oxygen atoms in total. The molecule has 1 saturated carbocycles. The van der Waals surface area contributed by atoms with Crippen molar-refractivity contribution in [1.29, 1.82) is 0 Å². The van der Waals surface area contributed by atoms with Crippen molar-refractivity contribution in [2.75, 3.05) is 6.54 Å². The molecule has 0 aromatic heterocycles. The van der Waals surface area contributed by atoms with Crippen LogP contribution in [0.1, 0.15) is 51.9 Å². The summed E-state index contributed by atoms with van der Waals surface area (Å²) in [5, 5.41) is 0. The zero-order valence-corrected chi connectivity index (χ0v) is 8.26. The van der Waals surface area contributed by atoms with Crippen molar-refractivity contribution in [3.63, 3.8) is 0 Å². The van der Waals surface area contributed by atoms with Gasteiger partial charge in [0.2, 0.25) is 0 Å². The van der Waals surface area contributed by atoms with Gasteiger partial charge >= 0.3 is 0 Å². The van der Waals surface area contributed by atoms with Gasteiger partial charge in [-0.15, -0.1) is 0 Å². The van der Waals surface area contributed by atoms with Crippen molar-refractivity contribution in [3.8, 4) is 0 Å². The van der Waals surface area contributed by atoms with E-state index in [1.165, 1.54) is 51.5 Å². The quantitative estimate of drug-likeness (QED) is 0.580. The highest BCUT2D eigenvalue weighted by Crippen LogP contribution is 2.29. The van der Waals surface area contributed by atoms with E-state index in [0.717, 1.165) is 12.1 Å². The van der Waals surface area contributed by atoms with Gasteiger partial charge in [0.05, 0.1) is 0 Å². The molecule has 0 spiro atoms. The summed E-state index contributed by atoms with van der Waals surface area (Å²) in [4.78, 5) is 2.77. The minimum absolute atomic E-state index is 0.873. The fourth-order valence-electron chi connectivity index (χ4n) is 2.56. The van der Waals surface area contributed by atoms with Crippen molar-refractivity contribution in [3.05, 3.63) is 0 Å². The van der Waals surface area contributed by atoms with E-state index in [-0.39, 0.29) is 0 Å². The Morgan fingerprint density at radius 2 is 1.75 bits per heavy atom. The molecule has 1 unspecified atom stereocenters. The maximum atomic E-state index is 2.77. The van der Waals surface area contributed by atoms with Crippen molar-refractivity contribution < 1.29 is 0 Å². The van der Waals surface area contributed by atoms with E-state index < -0.39 is 0 Å². The van der Waals surface area contributed by atoms with Gasteiger partial charge in [-0.3, -0.25) is 4.90 Å². The largest absolute Gasteiger partial charge is 0.298 e. The Kier molecular flexibility index (Phi) is 2.69. The van der Waals surface area contributed by atoms with Gasteiger partial charge in [-0.1, -0.05) is 19.3 Å².